The van der Waals surface area contributed by atoms with Gasteiger partial charge in [0.25, 0.3) is 0 Å². The highest BCUT2D eigenvalue weighted by atomic mass is 15.0. The van der Waals surface area contributed by atoms with Gasteiger partial charge in [-0.15, -0.1) is 6.58 Å². The van der Waals surface area contributed by atoms with Crippen molar-refractivity contribution in [2.24, 2.45) is 0 Å². The lowest BCUT2D eigenvalue weighted by molar-refractivity contribution is 1.18. The molecule has 0 bridgehead atoms. The molecular weight excluding hydrogens is 593 g/mol. The van der Waals surface area contributed by atoms with E-state index in [0.29, 0.717) is 0 Å². The van der Waals surface area contributed by atoms with Crippen LogP contribution in [0.5, 0.6) is 0 Å². The molecule has 0 atom stereocenters. The molecule has 0 fully saturated rings. The maximum absolute atomic E-state index is 3.36. The number of para-hydroxylation sites is 4. The number of aromatic nitrogens is 2. The van der Waals surface area contributed by atoms with Gasteiger partial charge in [-0.2, -0.15) is 0 Å². The summed E-state index contributed by atoms with van der Waals surface area (Å²) in [6, 6.07) is 61.4. The summed E-state index contributed by atoms with van der Waals surface area (Å²) in [5.74, 6) is 0. The molecule has 2 heteroatoms. The molecule has 0 saturated heterocycles. The summed E-state index contributed by atoms with van der Waals surface area (Å²) in [5.41, 5.74) is 12.1. The zero-order valence-electron chi connectivity index (χ0n) is 28.3. The summed E-state index contributed by atoms with van der Waals surface area (Å²) in [5, 5.41) is 5.09. The molecule has 0 radical (unpaired) electrons. The van der Waals surface area contributed by atoms with Crippen molar-refractivity contribution in [3.8, 4) is 33.6 Å². The van der Waals surface area contributed by atoms with Crippen molar-refractivity contribution in [2.45, 2.75) is 20.8 Å². The number of rotatable bonds is 4. The van der Waals surface area contributed by atoms with Crippen LogP contribution < -0.4 is 0 Å². The molecule has 9 rings (SSSR count). The fourth-order valence-electron chi connectivity index (χ4n) is 6.91. The second kappa shape index (κ2) is 13.9. The van der Waals surface area contributed by atoms with Gasteiger partial charge in [0.1, 0.15) is 0 Å². The van der Waals surface area contributed by atoms with E-state index in [1.54, 1.807) is 6.08 Å². The maximum Gasteiger partial charge on any atom is 0.0541 e. The second-order valence-electron chi connectivity index (χ2n) is 11.8. The van der Waals surface area contributed by atoms with Crippen molar-refractivity contribution in [1.82, 2.24) is 9.13 Å². The minimum absolute atomic E-state index is 1.17. The largest absolute Gasteiger partial charge is 0.309 e. The summed E-state index contributed by atoms with van der Waals surface area (Å²) in [6.07, 6.45) is 1.75. The van der Waals surface area contributed by atoms with Crippen LogP contribution in [-0.2, 0) is 0 Å². The third-order valence-corrected chi connectivity index (χ3v) is 8.90. The van der Waals surface area contributed by atoms with Crippen molar-refractivity contribution >= 4 is 43.6 Å². The molecule has 2 aromatic heterocycles. The first-order chi connectivity index (χ1) is 24.2. The Morgan fingerprint density at radius 2 is 0.755 bits per heavy atom. The second-order valence-corrected chi connectivity index (χ2v) is 11.8. The Labute approximate surface area is 288 Å². The molecule has 0 saturated carbocycles. The summed E-state index contributed by atoms with van der Waals surface area (Å²) in [7, 11) is 0. The number of hydrogen-bond donors (Lipinski definition) is 0. The quantitative estimate of drug-likeness (QED) is 0.171. The van der Waals surface area contributed by atoms with Crippen LogP contribution in [0.4, 0.5) is 0 Å². The van der Waals surface area contributed by atoms with E-state index in [4.69, 9.17) is 0 Å². The van der Waals surface area contributed by atoms with Gasteiger partial charge in [-0.3, -0.25) is 0 Å². The zero-order chi connectivity index (χ0) is 33.7. The van der Waals surface area contributed by atoms with E-state index >= 15 is 0 Å². The average Bonchev–Trinajstić information content (AvgIpc) is 3.69. The van der Waals surface area contributed by atoms with Crippen LogP contribution >= 0.6 is 0 Å². The lowest BCUT2D eigenvalue weighted by Gasteiger charge is -2.11. The molecule has 0 aliphatic heterocycles. The van der Waals surface area contributed by atoms with Crippen LogP contribution in [0.3, 0.4) is 0 Å². The van der Waals surface area contributed by atoms with Gasteiger partial charge in [-0.1, -0.05) is 129 Å². The van der Waals surface area contributed by atoms with Gasteiger partial charge in [0.2, 0.25) is 0 Å². The van der Waals surface area contributed by atoms with Crippen LogP contribution in [0.2, 0.25) is 0 Å². The minimum Gasteiger partial charge on any atom is -0.309 e. The highest BCUT2D eigenvalue weighted by Crippen LogP contribution is 2.37. The summed E-state index contributed by atoms with van der Waals surface area (Å²) >= 11 is 0. The molecule has 9 aromatic rings. The van der Waals surface area contributed by atoms with Crippen molar-refractivity contribution in [3.63, 3.8) is 0 Å². The van der Waals surface area contributed by atoms with E-state index in [0.717, 1.165) is 0 Å². The molecule has 7 aromatic carbocycles. The van der Waals surface area contributed by atoms with Gasteiger partial charge in [0.05, 0.1) is 22.1 Å². The molecule has 49 heavy (non-hydrogen) atoms. The molecule has 0 spiro atoms. The summed E-state index contributed by atoms with van der Waals surface area (Å²) in [4.78, 5) is 0. The van der Waals surface area contributed by atoms with Crippen molar-refractivity contribution in [3.05, 3.63) is 183 Å². The Bertz CT molecular complexity index is 2490. The fraction of sp³-hybridized carbons (Fsp3) is 0.0638. The van der Waals surface area contributed by atoms with Crippen LogP contribution in [-0.4, -0.2) is 9.13 Å². The van der Waals surface area contributed by atoms with Crippen LogP contribution in [0.25, 0.3) is 77.2 Å². The highest BCUT2D eigenvalue weighted by molar-refractivity contribution is 6.11. The summed E-state index contributed by atoms with van der Waals surface area (Å²) in [6.45, 7) is 9.25. The standard InChI is InChI=1S/C42H28N2.C3H6.C2H6/c1-2-15-33(16-3-1)43-41-23-9-6-20-37(41)38-28-32(24-25-42(38)43)30-13-10-12-29(26-30)31-14-11-17-34(27-31)44-39-21-7-4-18-35(39)36-19-5-8-22-40(36)44;1-3-2;1-2/h1-28H;3H,1H2,2H3;1-2H3. The average molecular weight is 633 g/mol. The lowest BCUT2D eigenvalue weighted by atomic mass is 9.97. The molecule has 2 nitrogen and oxygen atoms in total. The number of hydrogen-bond acceptors (Lipinski definition) is 0. The Balaban J connectivity index is 0.000000719. The molecule has 0 N–H and O–H groups in total. The van der Waals surface area contributed by atoms with Crippen molar-refractivity contribution < 1.29 is 0 Å². The third-order valence-electron chi connectivity index (χ3n) is 8.90. The molecule has 238 valence electrons. The van der Waals surface area contributed by atoms with Crippen LogP contribution in [0, 0.1) is 0 Å². The maximum atomic E-state index is 3.36. The molecular formula is C47H40N2. The topological polar surface area (TPSA) is 9.86 Å². The van der Waals surface area contributed by atoms with E-state index in [2.05, 4.69) is 186 Å². The number of allylic oxidation sites excluding steroid dienone is 1. The predicted octanol–water partition coefficient (Wildman–Crippen LogP) is 13.4. The molecule has 0 unspecified atom stereocenters. The highest BCUT2D eigenvalue weighted by Gasteiger charge is 2.14. The number of benzene rings is 7. The number of fused-ring (bicyclic) bond motifs is 6. The lowest BCUT2D eigenvalue weighted by Crippen LogP contribution is -1.94. The first kappa shape index (κ1) is 31.5. The van der Waals surface area contributed by atoms with Crippen LogP contribution in [0.1, 0.15) is 20.8 Å². The summed E-state index contributed by atoms with van der Waals surface area (Å²) < 4.78 is 4.75. The van der Waals surface area contributed by atoms with E-state index < -0.39 is 0 Å². The van der Waals surface area contributed by atoms with E-state index in [1.807, 2.05) is 20.8 Å². The predicted molar refractivity (Wildman–Crippen MR) is 213 cm³/mol. The van der Waals surface area contributed by atoms with E-state index in [9.17, 15) is 0 Å². The smallest absolute Gasteiger partial charge is 0.0541 e. The SMILES string of the molecule is C=CC.CC.c1ccc(-n2c3ccccc3c3cc(-c4cccc(-c5cccc(-n6c7ccccc7c7ccccc76)c5)c4)ccc32)cc1. The third kappa shape index (κ3) is 5.72. The monoisotopic (exact) mass is 632 g/mol. The zero-order valence-corrected chi connectivity index (χ0v) is 28.3. The Kier molecular flexibility index (Phi) is 8.95. The molecule has 0 amide bonds. The van der Waals surface area contributed by atoms with Gasteiger partial charge in [0.15, 0.2) is 0 Å². The molecule has 0 aliphatic rings. The normalized spacial score (nSPS) is 10.8. The van der Waals surface area contributed by atoms with Crippen LogP contribution in [0.15, 0.2) is 183 Å². The van der Waals surface area contributed by atoms with Gasteiger partial charge >= 0.3 is 0 Å². The van der Waals surface area contributed by atoms with E-state index in [-0.39, 0.29) is 0 Å². The first-order valence-electron chi connectivity index (χ1n) is 17.1. The molecule has 2 heterocycles. The van der Waals surface area contributed by atoms with Gasteiger partial charge in [0, 0.05) is 32.9 Å². The number of nitrogens with zero attached hydrogens (tertiary/aromatic N) is 2. The van der Waals surface area contributed by atoms with Gasteiger partial charge < -0.3 is 9.13 Å². The van der Waals surface area contributed by atoms with Crippen molar-refractivity contribution in [2.75, 3.05) is 0 Å². The van der Waals surface area contributed by atoms with Gasteiger partial charge in [-0.25, -0.2) is 0 Å². The van der Waals surface area contributed by atoms with E-state index in [1.165, 1.54) is 77.2 Å². The molecule has 0 aliphatic carbocycles. The van der Waals surface area contributed by atoms with Gasteiger partial charge in [-0.05, 0) is 89.8 Å². The first-order valence-corrected chi connectivity index (χ1v) is 17.1. The van der Waals surface area contributed by atoms with Crippen molar-refractivity contribution in [1.29, 1.82) is 0 Å². The Hall–Kier alpha value is -6.12. The fourth-order valence-corrected chi connectivity index (χ4v) is 6.91. The minimum atomic E-state index is 1.17. The Morgan fingerprint density at radius 3 is 1.33 bits per heavy atom. The Morgan fingerprint density at radius 1 is 0.367 bits per heavy atom.